The molecule has 104 valence electrons. The predicted molar refractivity (Wildman–Crippen MR) is 65.2 cm³/mol. The normalized spacial score (nSPS) is 8.90. The van der Waals surface area contributed by atoms with Crippen molar-refractivity contribution in [2.75, 3.05) is 5.32 Å². The Bertz CT molecular complexity index is 735. The average Bonchev–Trinajstić information content (AvgIpc) is 2.46. The second kappa shape index (κ2) is 6.65. The van der Waals surface area contributed by atoms with Gasteiger partial charge in [0.25, 0.3) is 0 Å². The maximum atomic E-state index is 13.8. The van der Waals surface area contributed by atoms with Gasteiger partial charge in [0.05, 0.1) is 12.1 Å². The van der Waals surface area contributed by atoms with E-state index in [0.717, 1.165) is 12.1 Å². The molecule has 0 fully saturated rings. The molecule has 0 saturated heterocycles. The maximum absolute atomic E-state index is 13.8. The van der Waals surface area contributed by atoms with E-state index in [1.807, 2.05) is 0 Å². The summed E-state index contributed by atoms with van der Waals surface area (Å²) >= 11 is 0. The highest BCUT2D eigenvalue weighted by Gasteiger charge is 2.17. The molecule has 0 aliphatic rings. The van der Waals surface area contributed by atoms with Gasteiger partial charge in [-0.3, -0.25) is 4.79 Å². The summed E-state index contributed by atoms with van der Waals surface area (Å²) in [5.74, 6) is -4.12. The summed E-state index contributed by atoms with van der Waals surface area (Å²) in [4.78, 5) is 10.5. The zero-order valence-electron chi connectivity index (χ0n) is 10.3. The SMILES string of the molecule is N#CC(C#N)=C(C#N)Nc1ccc(CC(=O)O)c(F)c1F. The van der Waals surface area contributed by atoms with E-state index < -0.39 is 41.0 Å². The molecule has 0 unspecified atom stereocenters. The molecule has 0 spiro atoms. The van der Waals surface area contributed by atoms with Gasteiger partial charge in [-0.15, -0.1) is 0 Å². The van der Waals surface area contributed by atoms with Gasteiger partial charge in [0.15, 0.2) is 17.2 Å². The van der Waals surface area contributed by atoms with Crippen LogP contribution in [0.15, 0.2) is 23.4 Å². The first kappa shape index (κ1) is 15.6. The molecule has 6 nitrogen and oxygen atoms in total. The van der Waals surface area contributed by atoms with Crippen molar-refractivity contribution in [3.8, 4) is 18.2 Å². The Morgan fingerprint density at radius 2 is 1.76 bits per heavy atom. The molecule has 0 saturated carbocycles. The number of carbonyl (C=O) groups is 1. The number of nitrogens with one attached hydrogen (secondary N) is 1. The predicted octanol–water partition coefficient (Wildman–Crippen LogP) is 1.83. The van der Waals surface area contributed by atoms with E-state index in [-0.39, 0.29) is 5.56 Å². The molecule has 2 N–H and O–H groups in total. The maximum Gasteiger partial charge on any atom is 0.307 e. The van der Waals surface area contributed by atoms with Crippen LogP contribution in [0.4, 0.5) is 14.5 Å². The number of carboxylic acids is 1. The van der Waals surface area contributed by atoms with Gasteiger partial charge in [-0.2, -0.15) is 15.8 Å². The van der Waals surface area contributed by atoms with E-state index >= 15 is 0 Å². The smallest absolute Gasteiger partial charge is 0.307 e. The second-order valence-electron chi connectivity index (χ2n) is 3.68. The monoisotopic (exact) mass is 288 g/mol. The van der Waals surface area contributed by atoms with E-state index in [0.29, 0.717) is 0 Å². The number of hydrogen-bond acceptors (Lipinski definition) is 5. The largest absolute Gasteiger partial charge is 0.481 e. The van der Waals surface area contributed by atoms with Crippen LogP contribution < -0.4 is 5.32 Å². The summed E-state index contributed by atoms with van der Waals surface area (Å²) in [6.45, 7) is 0. The molecule has 0 aliphatic heterocycles. The Balaban J connectivity index is 3.25. The third-order valence-electron chi connectivity index (χ3n) is 2.35. The standard InChI is InChI=1S/C13H6F2N4O2/c14-12-7(3-11(20)21)1-2-9(13(12)15)19-10(6-18)8(4-16)5-17/h1-2,19H,3H2,(H,20,21). The molecule has 21 heavy (non-hydrogen) atoms. The summed E-state index contributed by atoms with van der Waals surface area (Å²) in [6, 6.07) is 6.40. The van der Waals surface area contributed by atoms with Crippen molar-refractivity contribution in [1.29, 1.82) is 15.8 Å². The summed E-state index contributed by atoms with van der Waals surface area (Å²) in [7, 11) is 0. The van der Waals surface area contributed by atoms with Gasteiger partial charge in [-0.25, -0.2) is 8.78 Å². The van der Waals surface area contributed by atoms with Gasteiger partial charge in [0, 0.05) is 5.56 Å². The fraction of sp³-hybridized carbons (Fsp3) is 0.0769. The van der Waals surface area contributed by atoms with Crippen LogP contribution in [0.5, 0.6) is 0 Å². The highest BCUT2D eigenvalue weighted by molar-refractivity contribution is 5.71. The number of rotatable bonds is 4. The summed E-state index contributed by atoms with van der Waals surface area (Å²) < 4.78 is 27.4. The lowest BCUT2D eigenvalue weighted by molar-refractivity contribution is -0.136. The Hall–Kier alpha value is -3.44. The molecule has 8 heteroatoms. The third-order valence-corrected chi connectivity index (χ3v) is 2.35. The number of allylic oxidation sites excluding steroid dienone is 2. The fourth-order valence-corrected chi connectivity index (χ4v) is 1.40. The number of aliphatic carboxylic acids is 1. The molecule has 1 aromatic carbocycles. The first-order chi connectivity index (χ1) is 9.94. The number of nitriles is 3. The van der Waals surface area contributed by atoms with E-state index in [2.05, 4.69) is 5.32 Å². The minimum Gasteiger partial charge on any atom is -0.481 e. The highest BCUT2D eigenvalue weighted by Crippen LogP contribution is 2.23. The van der Waals surface area contributed by atoms with Crippen molar-refractivity contribution in [1.82, 2.24) is 0 Å². The van der Waals surface area contributed by atoms with Crippen LogP contribution in [0.2, 0.25) is 0 Å². The molecule has 1 aromatic rings. The van der Waals surface area contributed by atoms with Gasteiger partial charge in [-0.05, 0) is 6.07 Å². The van der Waals surface area contributed by atoms with Crippen LogP contribution in [-0.4, -0.2) is 11.1 Å². The van der Waals surface area contributed by atoms with E-state index in [9.17, 15) is 13.6 Å². The Kier molecular flexibility index (Phi) is 4.94. The Labute approximate surface area is 117 Å². The molecule has 0 radical (unpaired) electrons. The van der Waals surface area contributed by atoms with Crippen molar-refractivity contribution in [3.63, 3.8) is 0 Å². The molecule has 1 rings (SSSR count). The molecule has 0 aromatic heterocycles. The van der Waals surface area contributed by atoms with Crippen molar-refractivity contribution in [3.05, 3.63) is 40.6 Å². The summed E-state index contributed by atoms with van der Waals surface area (Å²) in [6.07, 6.45) is -0.703. The second-order valence-corrected chi connectivity index (χ2v) is 3.68. The number of benzene rings is 1. The van der Waals surface area contributed by atoms with Gasteiger partial charge in [0.2, 0.25) is 0 Å². The van der Waals surface area contributed by atoms with Crippen molar-refractivity contribution >= 4 is 11.7 Å². The van der Waals surface area contributed by atoms with Crippen molar-refractivity contribution in [2.24, 2.45) is 0 Å². The first-order valence-corrected chi connectivity index (χ1v) is 5.34. The number of halogens is 2. The Morgan fingerprint density at radius 1 is 1.14 bits per heavy atom. The van der Waals surface area contributed by atoms with Crippen molar-refractivity contribution < 1.29 is 18.7 Å². The lowest BCUT2D eigenvalue weighted by Crippen LogP contribution is -2.08. The van der Waals surface area contributed by atoms with Crippen LogP contribution in [0.25, 0.3) is 0 Å². The van der Waals surface area contributed by atoms with Crippen LogP contribution in [0.1, 0.15) is 5.56 Å². The summed E-state index contributed by atoms with van der Waals surface area (Å²) in [5.41, 5.74) is -1.98. The quantitative estimate of drug-likeness (QED) is 0.815. The number of anilines is 1. The topological polar surface area (TPSA) is 121 Å². The zero-order chi connectivity index (χ0) is 16.0. The van der Waals surface area contributed by atoms with Gasteiger partial charge in [0.1, 0.15) is 23.9 Å². The molecular weight excluding hydrogens is 282 g/mol. The van der Waals surface area contributed by atoms with Crippen LogP contribution >= 0.6 is 0 Å². The lowest BCUT2D eigenvalue weighted by atomic mass is 10.1. The molecular formula is C13H6F2N4O2. The zero-order valence-corrected chi connectivity index (χ0v) is 10.3. The van der Waals surface area contributed by atoms with Gasteiger partial charge in [-0.1, -0.05) is 6.07 Å². The molecule has 0 amide bonds. The van der Waals surface area contributed by atoms with Gasteiger partial charge < -0.3 is 10.4 Å². The lowest BCUT2D eigenvalue weighted by Gasteiger charge is -2.09. The molecule has 0 heterocycles. The third kappa shape index (κ3) is 3.52. The molecule has 0 bridgehead atoms. The summed E-state index contributed by atoms with van der Waals surface area (Å²) in [5, 5.41) is 36.7. The fourth-order valence-electron chi connectivity index (χ4n) is 1.40. The first-order valence-electron chi connectivity index (χ1n) is 5.34. The van der Waals surface area contributed by atoms with Gasteiger partial charge >= 0.3 is 5.97 Å². The number of nitrogens with zero attached hydrogens (tertiary/aromatic N) is 3. The van der Waals surface area contributed by atoms with Crippen LogP contribution in [0, 0.1) is 45.6 Å². The van der Waals surface area contributed by atoms with E-state index in [1.54, 1.807) is 0 Å². The Morgan fingerprint density at radius 3 is 2.24 bits per heavy atom. The number of hydrogen-bond donors (Lipinski definition) is 2. The van der Waals surface area contributed by atoms with E-state index in [1.165, 1.54) is 18.2 Å². The minimum atomic E-state index is -1.41. The van der Waals surface area contributed by atoms with Crippen molar-refractivity contribution in [2.45, 2.75) is 6.42 Å². The average molecular weight is 288 g/mol. The van der Waals surface area contributed by atoms with Crippen LogP contribution in [0.3, 0.4) is 0 Å². The number of carboxylic acid groups (broad SMARTS) is 1. The van der Waals surface area contributed by atoms with E-state index in [4.69, 9.17) is 20.9 Å². The minimum absolute atomic E-state index is 0.367. The highest BCUT2D eigenvalue weighted by atomic mass is 19.2. The molecule has 0 atom stereocenters. The van der Waals surface area contributed by atoms with Crippen LogP contribution in [-0.2, 0) is 11.2 Å². The molecule has 0 aliphatic carbocycles.